The maximum Gasteiger partial charge on any atom is 0.0708 e. The molecule has 0 bridgehead atoms. The summed E-state index contributed by atoms with van der Waals surface area (Å²) in [6.45, 7) is 1.03. The third-order valence-corrected chi connectivity index (χ3v) is 5.58. The molecule has 2 unspecified atom stereocenters. The lowest BCUT2D eigenvalue weighted by molar-refractivity contribution is -0.0359. The van der Waals surface area contributed by atoms with E-state index in [1.54, 1.807) is 0 Å². The summed E-state index contributed by atoms with van der Waals surface area (Å²) in [5.74, 6) is 0. The van der Waals surface area contributed by atoms with Crippen LogP contribution in [-0.2, 0) is 11.2 Å². The van der Waals surface area contributed by atoms with Crippen LogP contribution in [0.15, 0.2) is 24.3 Å². The molecule has 2 nitrogen and oxygen atoms in total. The van der Waals surface area contributed by atoms with Gasteiger partial charge in [-0.25, -0.2) is 0 Å². The predicted octanol–water partition coefficient (Wildman–Crippen LogP) is 3.76. The monoisotopic (exact) mass is 271 g/mol. The molecule has 1 aromatic carbocycles. The Morgan fingerprint density at radius 2 is 1.95 bits per heavy atom. The molecule has 2 aliphatic carbocycles. The molecule has 2 fully saturated rings. The summed E-state index contributed by atoms with van der Waals surface area (Å²) in [5, 5.41) is 3.76. The molecular weight excluding hydrogens is 246 g/mol. The molecule has 1 N–H and O–H groups in total. The Bertz CT molecular complexity index is 478. The third-order valence-electron chi connectivity index (χ3n) is 5.58. The fourth-order valence-corrected chi connectivity index (χ4v) is 4.47. The average molecular weight is 271 g/mol. The summed E-state index contributed by atoms with van der Waals surface area (Å²) in [6, 6.07) is 9.43. The first-order valence-corrected chi connectivity index (χ1v) is 8.34. The van der Waals surface area contributed by atoms with E-state index in [0.717, 1.165) is 6.54 Å². The number of hydrogen-bond acceptors (Lipinski definition) is 2. The third kappa shape index (κ3) is 2.29. The number of rotatable bonds is 3. The molecule has 1 saturated heterocycles. The van der Waals surface area contributed by atoms with Crippen molar-refractivity contribution in [1.29, 1.82) is 0 Å². The second-order valence-corrected chi connectivity index (χ2v) is 6.87. The Balaban J connectivity index is 1.34. The zero-order valence-electron chi connectivity index (χ0n) is 12.2. The molecule has 4 rings (SSSR count). The summed E-state index contributed by atoms with van der Waals surface area (Å²) in [6.07, 6.45) is 10.8. The number of hydrogen-bond donors (Lipinski definition) is 1. The Kier molecular flexibility index (Phi) is 3.31. The van der Waals surface area contributed by atoms with Gasteiger partial charge in [-0.2, -0.15) is 0 Å². The molecule has 2 atom stereocenters. The van der Waals surface area contributed by atoms with Gasteiger partial charge in [0.25, 0.3) is 0 Å². The minimum absolute atomic E-state index is 0.278. The smallest absolute Gasteiger partial charge is 0.0708 e. The number of aryl methyl sites for hydroxylation is 1. The van der Waals surface area contributed by atoms with Crippen LogP contribution in [0.5, 0.6) is 0 Å². The van der Waals surface area contributed by atoms with E-state index in [1.165, 1.54) is 62.5 Å². The van der Waals surface area contributed by atoms with E-state index in [-0.39, 0.29) is 5.60 Å². The van der Waals surface area contributed by atoms with Crippen molar-refractivity contribution in [1.82, 2.24) is 5.32 Å². The van der Waals surface area contributed by atoms with Crippen molar-refractivity contribution in [3.05, 3.63) is 35.4 Å². The molecule has 1 spiro atoms. The lowest BCUT2D eigenvalue weighted by Crippen LogP contribution is -2.32. The van der Waals surface area contributed by atoms with E-state index in [4.69, 9.17) is 4.74 Å². The molecule has 0 aromatic heterocycles. The van der Waals surface area contributed by atoms with Gasteiger partial charge in [-0.05, 0) is 49.7 Å². The van der Waals surface area contributed by atoms with E-state index < -0.39 is 0 Å². The summed E-state index contributed by atoms with van der Waals surface area (Å²) in [4.78, 5) is 0. The zero-order valence-corrected chi connectivity index (χ0v) is 12.2. The summed E-state index contributed by atoms with van der Waals surface area (Å²) in [5.41, 5.74) is 3.32. The fraction of sp³-hybridized carbons (Fsp3) is 0.667. The van der Waals surface area contributed by atoms with Crippen molar-refractivity contribution in [2.75, 3.05) is 6.54 Å². The van der Waals surface area contributed by atoms with Gasteiger partial charge in [0.15, 0.2) is 0 Å². The quantitative estimate of drug-likeness (QED) is 0.904. The highest BCUT2D eigenvalue weighted by atomic mass is 16.5. The molecule has 20 heavy (non-hydrogen) atoms. The van der Waals surface area contributed by atoms with Crippen LogP contribution in [0.25, 0.3) is 0 Å². The first-order valence-electron chi connectivity index (χ1n) is 8.34. The van der Waals surface area contributed by atoms with Gasteiger partial charge in [0.05, 0.1) is 11.7 Å². The zero-order chi connectivity index (χ0) is 13.4. The standard InChI is InChI=1S/C18H25NO/c1-2-6-16-14(5-1)7-8-17(16)19-13-15-9-12-18(20-15)10-3-4-11-18/h1-2,5-6,15,17,19H,3-4,7-13H2. The first kappa shape index (κ1) is 12.8. The lowest BCUT2D eigenvalue weighted by Gasteiger charge is -2.24. The van der Waals surface area contributed by atoms with Gasteiger partial charge in [-0.15, -0.1) is 0 Å². The van der Waals surface area contributed by atoms with Crippen molar-refractivity contribution >= 4 is 0 Å². The van der Waals surface area contributed by atoms with E-state index in [0.29, 0.717) is 12.1 Å². The number of benzene rings is 1. The van der Waals surface area contributed by atoms with Gasteiger partial charge < -0.3 is 10.1 Å². The molecule has 1 aromatic rings. The van der Waals surface area contributed by atoms with E-state index in [9.17, 15) is 0 Å². The van der Waals surface area contributed by atoms with Crippen LogP contribution in [-0.4, -0.2) is 18.2 Å². The molecule has 0 radical (unpaired) electrons. The summed E-state index contributed by atoms with van der Waals surface area (Å²) >= 11 is 0. The highest BCUT2D eigenvalue weighted by Crippen LogP contribution is 2.43. The van der Waals surface area contributed by atoms with Crippen molar-refractivity contribution in [3.63, 3.8) is 0 Å². The second-order valence-electron chi connectivity index (χ2n) is 6.87. The van der Waals surface area contributed by atoms with Crippen LogP contribution in [0.2, 0.25) is 0 Å². The van der Waals surface area contributed by atoms with Crippen LogP contribution in [0.4, 0.5) is 0 Å². The van der Waals surface area contributed by atoms with Crippen LogP contribution in [0.1, 0.15) is 62.1 Å². The summed E-state index contributed by atoms with van der Waals surface area (Å²) < 4.78 is 6.40. The maximum atomic E-state index is 6.40. The number of ether oxygens (including phenoxy) is 1. The average Bonchev–Trinajstić information content (AvgIpc) is 3.19. The highest BCUT2D eigenvalue weighted by molar-refractivity contribution is 5.34. The van der Waals surface area contributed by atoms with Gasteiger partial charge in [-0.3, -0.25) is 0 Å². The van der Waals surface area contributed by atoms with Crippen molar-refractivity contribution in [3.8, 4) is 0 Å². The van der Waals surface area contributed by atoms with Crippen LogP contribution in [0, 0.1) is 0 Å². The molecule has 1 aliphatic heterocycles. The van der Waals surface area contributed by atoms with Crippen LogP contribution >= 0.6 is 0 Å². The van der Waals surface area contributed by atoms with Crippen molar-refractivity contribution < 1.29 is 4.74 Å². The molecule has 3 aliphatic rings. The summed E-state index contributed by atoms with van der Waals surface area (Å²) in [7, 11) is 0. The molecule has 1 saturated carbocycles. The molecule has 1 heterocycles. The number of nitrogens with one attached hydrogen (secondary N) is 1. The largest absolute Gasteiger partial charge is 0.370 e. The van der Waals surface area contributed by atoms with E-state index in [1.807, 2.05) is 0 Å². The van der Waals surface area contributed by atoms with E-state index in [2.05, 4.69) is 29.6 Å². The molecule has 2 heteroatoms. The molecule has 108 valence electrons. The second kappa shape index (κ2) is 5.16. The Morgan fingerprint density at radius 3 is 2.85 bits per heavy atom. The first-order chi connectivity index (χ1) is 9.85. The van der Waals surface area contributed by atoms with Gasteiger partial charge >= 0.3 is 0 Å². The maximum absolute atomic E-state index is 6.40. The molecular formula is C18H25NO. The van der Waals surface area contributed by atoms with Crippen LogP contribution < -0.4 is 5.32 Å². The number of fused-ring (bicyclic) bond motifs is 1. The minimum Gasteiger partial charge on any atom is -0.370 e. The molecule has 0 amide bonds. The Labute approximate surface area is 121 Å². The van der Waals surface area contributed by atoms with E-state index >= 15 is 0 Å². The lowest BCUT2D eigenvalue weighted by atomic mass is 9.98. The van der Waals surface area contributed by atoms with Gasteiger partial charge in [-0.1, -0.05) is 37.1 Å². The normalized spacial score (nSPS) is 31.0. The highest BCUT2D eigenvalue weighted by Gasteiger charge is 2.42. The minimum atomic E-state index is 0.278. The SMILES string of the molecule is c1ccc2c(c1)CCC2NCC1CCC2(CCCC2)O1. The van der Waals surface area contributed by atoms with Crippen molar-refractivity contribution in [2.24, 2.45) is 0 Å². The van der Waals surface area contributed by atoms with Gasteiger partial charge in [0.1, 0.15) is 0 Å². The fourth-order valence-electron chi connectivity index (χ4n) is 4.47. The predicted molar refractivity (Wildman–Crippen MR) is 80.8 cm³/mol. The van der Waals surface area contributed by atoms with Crippen LogP contribution in [0.3, 0.4) is 0 Å². The van der Waals surface area contributed by atoms with Gasteiger partial charge in [0, 0.05) is 12.6 Å². The Hall–Kier alpha value is -0.860. The van der Waals surface area contributed by atoms with Crippen molar-refractivity contribution in [2.45, 2.75) is 69.1 Å². The van der Waals surface area contributed by atoms with Gasteiger partial charge in [0.2, 0.25) is 0 Å². The topological polar surface area (TPSA) is 21.3 Å². The Morgan fingerprint density at radius 1 is 1.10 bits per heavy atom.